The highest BCUT2D eigenvalue weighted by atomic mass is 19.1. The third kappa shape index (κ3) is 2.74. The molecule has 4 aromatic rings. The Hall–Kier alpha value is -3.14. The van der Waals surface area contributed by atoms with Gasteiger partial charge in [0.05, 0.1) is 6.42 Å². The van der Waals surface area contributed by atoms with Crippen LogP contribution in [0.25, 0.3) is 21.9 Å². The van der Waals surface area contributed by atoms with Crippen molar-refractivity contribution in [1.29, 1.82) is 0 Å². The van der Waals surface area contributed by atoms with Crippen LogP contribution in [0.3, 0.4) is 0 Å². The van der Waals surface area contributed by atoms with E-state index in [0.717, 1.165) is 21.9 Å². The molecule has 118 valence electrons. The SMILES string of the molecule is O=C(Cc1ccc(F)cc1)Oc1ccc2oc3ccccc3c2c1. The van der Waals surface area contributed by atoms with Gasteiger partial charge in [0.25, 0.3) is 0 Å². The van der Waals surface area contributed by atoms with Gasteiger partial charge in [0.1, 0.15) is 22.7 Å². The van der Waals surface area contributed by atoms with Crippen LogP contribution in [0.15, 0.2) is 71.1 Å². The molecule has 0 amide bonds. The van der Waals surface area contributed by atoms with Crippen molar-refractivity contribution in [3.8, 4) is 5.75 Å². The zero-order valence-corrected chi connectivity index (χ0v) is 12.7. The Labute approximate surface area is 137 Å². The first-order valence-corrected chi connectivity index (χ1v) is 7.55. The molecule has 0 radical (unpaired) electrons. The molecular formula is C20H13FO3. The van der Waals surface area contributed by atoms with Crippen molar-refractivity contribution in [2.75, 3.05) is 0 Å². The fourth-order valence-electron chi connectivity index (χ4n) is 2.71. The average Bonchev–Trinajstić information content (AvgIpc) is 2.95. The summed E-state index contributed by atoms with van der Waals surface area (Å²) in [5, 5.41) is 1.88. The molecule has 0 atom stereocenters. The lowest BCUT2D eigenvalue weighted by molar-refractivity contribution is -0.133. The lowest BCUT2D eigenvalue weighted by Gasteiger charge is -2.04. The second kappa shape index (κ2) is 5.81. The van der Waals surface area contributed by atoms with Gasteiger partial charge < -0.3 is 9.15 Å². The van der Waals surface area contributed by atoms with E-state index in [2.05, 4.69) is 0 Å². The minimum absolute atomic E-state index is 0.0877. The fourth-order valence-corrected chi connectivity index (χ4v) is 2.71. The van der Waals surface area contributed by atoms with Gasteiger partial charge in [-0.25, -0.2) is 4.39 Å². The minimum atomic E-state index is -0.395. The van der Waals surface area contributed by atoms with Crippen LogP contribution in [0.5, 0.6) is 5.75 Å². The van der Waals surface area contributed by atoms with Crippen LogP contribution in [-0.2, 0) is 11.2 Å². The number of hydrogen-bond donors (Lipinski definition) is 0. The second-order valence-corrected chi connectivity index (χ2v) is 5.53. The van der Waals surface area contributed by atoms with E-state index < -0.39 is 5.97 Å². The maximum absolute atomic E-state index is 12.9. The number of para-hydroxylation sites is 1. The standard InChI is InChI=1S/C20H13FO3/c21-14-7-5-13(6-8-14)11-20(22)23-15-9-10-19-17(12-15)16-3-1-2-4-18(16)24-19/h1-10,12H,11H2. The van der Waals surface area contributed by atoms with Gasteiger partial charge in [0.2, 0.25) is 0 Å². The molecule has 0 saturated carbocycles. The molecule has 4 heteroatoms. The molecule has 0 unspecified atom stereocenters. The predicted molar refractivity (Wildman–Crippen MR) is 89.5 cm³/mol. The molecule has 0 fully saturated rings. The van der Waals surface area contributed by atoms with Gasteiger partial charge in [-0.1, -0.05) is 30.3 Å². The Morgan fingerprint density at radius 2 is 1.67 bits per heavy atom. The van der Waals surface area contributed by atoms with Crippen LogP contribution in [-0.4, -0.2) is 5.97 Å². The Balaban J connectivity index is 1.58. The summed E-state index contributed by atoms with van der Waals surface area (Å²) in [5.41, 5.74) is 2.24. The van der Waals surface area contributed by atoms with Crippen molar-refractivity contribution in [2.24, 2.45) is 0 Å². The van der Waals surface area contributed by atoms with Crippen molar-refractivity contribution < 1.29 is 18.3 Å². The van der Waals surface area contributed by atoms with E-state index in [0.29, 0.717) is 11.3 Å². The highest BCUT2D eigenvalue weighted by Gasteiger charge is 2.10. The van der Waals surface area contributed by atoms with E-state index in [-0.39, 0.29) is 12.2 Å². The molecule has 0 aliphatic carbocycles. The third-order valence-corrected chi connectivity index (χ3v) is 3.84. The lowest BCUT2D eigenvalue weighted by atomic mass is 10.1. The van der Waals surface area contributed by atoms with Crippen LogP contribution in [0, 0.1) is 5.82 Å². The largest absolute Gasteiger partial charge is 0.456 e. The highest BCUT2D eigenvalue weighted by molar-refractivity contribution is 6.05. The van der Waals surface area contributed by atoms with E-state index in [1.165, 1.54) is 12.1 Å². The normalized spacial score (nSPS) is 11.0. The predicted octanol–water partition coefficient (Wildman–Crippen LogP) is 4.87. The summed E-state index contributed by atoms with van der Waals surface area (Å²) in [7, 11) is 0. The van der Waals surface area contributed by atoms with E-state index in [1.807, 2.05) is 24.3 Å². The number of esters is 1. The molecule has 0 spiro atoms. The van der Waals surface area contributed by atoms with Crippen LogP contribution in [0.1, 0.15) is 5.56 Å². The van der Waals surface area contributed by atoms with Gasteiger partial charge in [-0.15, -0.1) is 0 Å². The number of carbonyl (C=O) groups excluding carboxylic acids is 1. The van der Waals surface area contributed by atoms with Gasteiger partial charge in [-0.05, 0) is 42.0 Å². The van der Waals surface area contributed by atoms with E-state index in [1.54, 1.807) is 30.3 Å². The summed E-state index contributed by atoms with van der Waals surface area (Å²) >= 11 is 0. The number of furan rings is 1. The van der Waals surface area contributed by atoms with Gasteiger partial charge >= 0.3 is 5.97 Å². The lowest BCUT2D eigenvalue weighted by Crippen LogP contribution is -2.11. The molecule has 1 heterocycles. The summed E-state index contributed by atoms with van der Waals surface area (Å²) in [6.07, 6.45) is 0.0877. The van der Waals surface area contributed by atoms with Crippen molar-refractivity contribution in [1.82, 2.24) is 0 Å². The van der Waals surface area contributed by atoms with Gasteiger partial charge in [-0.3, -0.25) is 4.79 Å². The zero-order valence-electron chi connectivity index (χ0n) is 12.7. The number of benzene rings is 3. The molecule has 3 aromatic carbocycles. The first kappa shape index (κ1) is 14.5. The van der Waals surface area contributed by atoms with Gasteiger partial charge in [0, 0.05) is 10.8 Å². The van der Waals surface area contributed by atoms with Crippen LogP contribution in [0.4, 0.5) is 4.39 Å². The van der Waals surface area contributed by atoms with Crippen molar-refractivity contribution in [2.45, 2.75) is 6.42 Å². The number of ether oxygens (including phenoxy) is 1. The Kier molecular flexibility index (Phi) is 3.50. The van der Waals surface area contributed by atoms with Crippen molar-refractivity contribution >= 4 is 27.9 Å². The molecule has 24 heavy (non-hydrogen) atoms. The third-order valence-electron chi connectivity index (χ3n) is 3.84. The Bertz CT molecular complexity index is 1030. The monoisotopic (exact) mass is 320 g/mol. The molecule has 3 nitrogen and oxygen atoms in total. The van der Waals surface area contributed by atoms with Gasteiger partial charge in [0.15, 0.2) is 0 Å². The Morgan fingerprint density at radius 1 is 0.917 bits per heavy atom. The molecule has 0 aliphatic heterocycles. The number of fused-ring (bicyclic) bond motifs is 3. The van der Waals surface area contributed by atoms with E-state index >= 15 is 0 Å². The number of hydrogen-bond acceptors (Lipinski definition) is 3. The summed E-state index contributed by atoms with van der Waals surface area (Å²) in [6, 6.07) is 18.8. The summed E-state index contributed by atoms with van der Waals surface area (Å²) < 4.78 is 24.0. The maximum Gasteiger partial charge on any atom is 0.315 e. The average molecular weight is 320 g/mol. The van der Waals surface area contributed by atoms with Crippen LogP contribution >= 0.6 is 0 Å². The number of halogens is 1. The summed E-state index contributed by atoms with van der Waals surface area (Å²) in [6.45, 7) is 0. The first-order valence-electron chi connectivity index (χ1n) is 7.55. The minimum Gasteiger partial charge on any atom is -0.456 e. The maximum atomic E-state index is 12.9. The quantitative estimate of drug-likeness (QED) is 0.399. The van der Waals surface area contributed by atoms with E-state index in [9.17, 15) is 9.18 Å². The van der Waals surface area contributed by atoms with Gasteiger partial charge in [-0.2, -0.15) is 0 Å². The first-order chi connectivity index (χ1) is 11.7. The summed E-state index contributed by atoms with van der Waals surface area (Å²) in [5.74, 6) is -0.265. The van der Waals surface area contributed by atoms with Crippen LogP contribution in [0.2, 0.25) is 0 Å². The molecule has 0 aliphatic rings. The number of carbonyl (C=O) groups is 1. The molecular weight excluding hydrogens is 307 g/mol. The zero-order chi connectivity index (χ0) is 16.5. The van der Waals surface area contributed by atoms with Crippen molar-refractivity contribution in [3.05, 3.63) is 78.1 Å². The molecule has 0 saturated heterocycles. The topological polar surface area (TPSA) is 39.4 Å². The fraction of sp³-hybridized carbons (Fsp3) is 0.0500. The molecule has 0 bridgehead atoms. The van der Waals surface area contributed by atoms with Crippen molar-refractivity contribution in [3.63, 3.8) is 0 Å². The smallest absolute Gasteiger partial charge is 0.315 e. The summed E-state index contributed by atoms with van der Waals surface area (Å²) in [4.78, 5) is 12.1. The number of rotatable bonds is 3. The molecule has 4 rings (SSSR count). The Morgan fingerprint density at radius 3 is 2.50 bits per heavy atom. The molecule has 1 aromatic heterocycles. The van der Waals surface area contributed by atoms with E-state index in [4.69, 9.17) is 9.15 Å². The molecule has 0 N–H and O–H groups in total. The highest BCUT2D eigenvalue weighted by Crippen LogP contribution is 2.31. The van der Waals surface area contributed by atoms with Crippen LogP contribution < -0.4 is 4.74 Å². The second-order valence-electron chi connectivity index (χ2n) is 5.53.